The van der Waals surface area contributed by atoms with Crippen LogP contribution in [0.15, 0.2) is 59.8 Å². The number of rotatable bonds is 3. The van der Waals surface area contributed by atoms with Crippen LogP contribution in [-0.4, -0.2) is 26.9 Å². The molecule has 0 atom stereocenters. The second kappa shape index (κ2) is 7.16. The van der Waals surface area contributed by atoms with Gasteiger partial charge in [0.25, 0.3) is 0 Å². The SMILES string of the molecule is CO/N=C(\C#Cc1ccccc1)c1ccc(N(C)C)cc1. The van der Waals surface area contributed by atoms with Crippen LogP contribution in [0.4, 0.5) is 5.69 Å². The molecular formula is C18H18N2O. The summed E-state index contributed by atoms with van der Waals surface area (Å²) in [6.07, 6.45) is 0. The summed E-state index contributed by atoms with van der Waals surface area (Å²) in [5.74, 6) is 6.16. The van der Waals surface area contributed by atoms with Crippen LogP contribution >= 0.6 is 0 Å². The standard InChI is InChI=1S/C18H18N2O/c1-20(2)17-12-10-16(11-13-17)18(19-21-3)14-9-15-7-5-4-6-8-15/h4-8,10-13H,1-3H3/b19-18+. The zero-order valence-electron chi connectivity index (χ0n) is 12.5. The Bertz CT molecular complexity index is 662. The van der Waals surface area contributed by atoms with Crippen LogP contribution in [-0.2, 0) is 4.84 Å². The molecule has 0 saturated heterocycles. The lowest BCUT2D eigenvalue weighted by Crippen LogP contribution is -2.08. The van der Waals surface area contributed by atoms with E-state index >= 15 is 0 Å². The average molecular weight is 278 g/mol. The fourth-order valence-corrected chi connectivity index (χ4v) is 1.81. The molecule has 0 heterocycles. The van der Waals surface area contributed by atoms with Crippen molar-refractivity contribution in [3.63, 3.8) is 0 Å². The highest BCUT2D eigenvalue weighted by Crippen LogP contribution is 2.13. The zero-order chi connectivity index (χ0) is 15.1. The lowest BCUT2D eigenvalue weighted by atomic mass is 10.1. The van der Waals surface area contributed by atoms with Gasteiger partial charge in [-0.05, 0) is 42.3 Å². The molecule has 0 amide bonds. The van der Waals surface area contributed by atoms with Crippen molar-refractivity contribution in [3.05, 3.63) is 65.7 Å². The number of anilines is 1. The molecule has 0 unspecified atom stereocenters. The van der Waals surface area contributed by atoms with Gasteiger partial charge in [0.05, 0.1) is 0 Å². The van der Waals surface area contributed by atoms with Crippen molar-refractivity contribution < 1.29 is 4.84 Å². The highest BCUT2D eigenvalue weighted by molar-refractivity contribution is 6.13. The van der Waals surface area contributed by atoms with Crippen LogP contribution in [0.2, 0.25) is 0 Å². The molecule has 3 heteroatoms. The maximum absolute atomic E-state index is 4.90. The minimum Gasteiger partial charge on any atom is -0.398 e. The quantitative estimate of drug-likeness (QED) is 0.489. The molecule has 2 rings (SSSR count). The first-order chi connectivity index (χ1) is 10.2. The summed E-state index contributed by atoms with van der Waals surface area (Å²) in [6.45, 7) is 0. The van der Waals surface area contributed by atoms with Crippen molar-refractivity contribution in [2.24, 2.45) is 5.16 Å². The van der Waals surface area contributed by atoms with E-state index in [0.29, 0.717) is 5.71 Å². The van der Waals surface area contributed by atoms with E-state index in [0.717, 1.165) is 16.8 Å². The van der Waals surface area contributed by atoms with Gasteiger partial charge >= 0.3 is 0 Å². The molecule has 0 aromatic heterocycles. The van der Waals surface area contributed by atoms with Crippen molar-refractivity contribution in [1.29, 1.82) is 0 Å². The van der Waals surface area contributed by atoms with Crippen molar-refractivity contribution >= 4 is 11.4 Å². The normalized spacial score (nSPS) is 10.5. The van der Waals surface area contributed by atoms with Crippen LogP contribution in [0, 0.1) is 11.8 Å². The zero-order valence-corrected chi connectivity index (χ0v) is 12.5. The predicted molar refractivity (Wildman–Crippen MR) is 87.6 cm³/mol. The molecule has 0 aliphatic carbocycles. The molecule has 21 heavy (non-hydrogen) atoms. The van der Waals surface area contributed by atoms with E-state index in [4.69, 9.17) is 4.84 Å². The smallest absolute Gasteiger partial charge is 0.160 e. The number of hydrogen-bond acceptors (Lipinski definition) is 3. The van der Waals surface area contributed by atoms with Crippen molar-refractivity contribution in [2.45, 2.75) is 0 Å². The summed E-state index contributed by atoms with van der Waals surface area (Å²) in [5, 5.41) is 4.01. The van der Waals surface area contributed by atoms with Crippen molar-refractivity contribution in [3.8, 4) is 11.8 Å². The first kappa shape index (κ1) is 14.7. The molecule has 0 radical (unpaired) electrons. The minimum atomic E-state index is 0.617. The number of oxime groups is 1. The van der Waals surface area contributed by atoms with E-state index in [1.54, 1.807) is 0 Å². The Balaban J connectivity index is 2.28. The third kappa shape index (κ3) is 4.12. The molecule has 106 valence electrons. The predicted octanol–water partition coefficient (Wildman–Crippen LogP) is 3.15. The van der Waals surface area contributed by atoms with Crippen LogP contribution in [0.3, 0.4) is 0 Å². The molecule has 2 aromatic carbocycles. The van der Waals surface area contributed by atoms with Crippen LogP contribution in [0.5, 0.6) is 0 Å². The lowest BCUT2D eigenvalue weighted by Gasteiger charge is -2.12. The first-order valence-corrected chi connectivity index (χ1v) is 6.66. The largest absolute Gasteiger partial charge is 0.398 e. The van der Waals surface area contributed by atoms with Gasteiger partial charge in [0.15, 0.2) is 5.71 Å². The van der Waals surface area contributed by atoms with Crippen LogP contribution in [0.1, 0.15) is 11.1 Å². The van der Waals surface area contributed by atoms with Crippen LogP contribution in [0.25, 0.3) is 0 Å². The molecule has 0 spiro atoms. The second-order valence-corrected chi connectivity index (χ2v) is 4.68. The number of benzene rings is 2. The Morgan fingerprint density at radius 1 is 1.00 bits per heavy atom. The number of hydrogen-bond donors (Lipinski definition) is 0. The van der Waals surface area contributed by atoms with E-state index in [-0.39, 0.29) is 0 Å². The van der Waals surface area contributed by atoms with E-state index < -0.39 is 0 Å². The molecule has 3 nitrogen and oxygen atoms in total. The minimum absolute atomic E-state index is 0.617. The third-order valence-corrected chi connectivity index (χ3v) is 2.94. The molecular weight excluding hydrogens is 260 g/mol. The van der Waals surface area contributed by atoms with Crippen LogP contribution < -0.4 is 4.90 Å². The third-order valence-electron chi connectivity index (χ3n) is 2.94. The van der Waals surface area contributed by atoms with E-state index in [9.17, 15) is 0 Å². The maximum Gasteiger partial charge on any atom is 0.160 e. The second-order valence-electron chi connectivity index (χ2n) is 4.68. The van der Waals surface area contributed by atoms with Gasteiger partial charge in [0, 0.05) is 30.9 Å². The van der Waals surface area contributed by atoms with E-state index in [1.165, 1.54) is 7.11 Å². The Morgan fingerprint density at radius 3 is 2.24 bits per heavy atom. The highest BCUT2D eigenvalue weighted by atomic mass is 16.6. The summed E-state index contributed by atoms with van der Waals surface area (Å²) in [4.78, 5) is 6.95. The molecule has 2 aromatic rings. The summed E-state index contributed by atoms with van der Waals surface area (Å²) < 4.78 is 0. The molecule has 0 bridgehead atoms. The molecule has 0 aliphatic rings. The fraction of sp³-hybridized carbons (Fsp3) is 0.167. The topological polar surface area (TPSA) is 24.8 Å². The highest BCUT2D eigenvalue weighted by Gasteiger charge is 2.02. The van der Waals surface area contributed by atoms with E-state index in [1.807, 2.05) is 73.6 Å². The van der Waals surface area contributed by atoms with Gasteiger partial charge < -0.3 is 9.74 Å². The summed E-state index contributed by atoms with van der Waals surface area (Å²) in [5.41, 5.74) is 3.63. The van der Waals surface area contributed by atoms with Gasteiger partial charge in [-0.3, -0.25) is 0 Å². The summed E-state index contributed by atoms with van der Waals surface area (Å²) in [6, 6.07) is 17.9. The van der Waals surface area contributed by atoms with Gasteiger partial charge in [0.2, 0.25) is 0 Å². The van der Waals surface area contributed by atoms with Gasteiger partial charge in [-0.2, -0.15) is 0 Å². The molecule has 0 N–H and O–H groups in total. The van der Waals surface area contributed by atoms with Gasteiger partial charge in [-0.25, -0.2) is 0 Å². The maximum atomic E-state index is 4.90. The molecule has 0 fully saturated rings. The lowest BCUT2D eigenvalue weighted by molar-refractivity contribution is 0.214. The molecule has 0 aliphatic heterocycles. The summed E-state index contributed by atoms with van der Waals surface area (Å²) >= 11 is 0. The van der Waals surface area contributed by atoms with E-state index in [2.05, 4.69) is 17.0 Å². The summed E-state index contributed by atoms with van der Waals surface area (Å²) in [7, 11) is 5.54. The Morgan fingerprint density at radius 2 is 1.67 bits per heavy atom. The monoisotopic (exact) mass is 278 g/mol. The Hall–Kier alpha value is -2.73. The number of nitrogens with zero attached hydrogens (tertiary/aromatic N) is 2. The Labute approximate surface area is 125 Å². The van der Waals surface area contributed by atoms with Crippen molar-refractivity contribution in [1.82, 2.24) is 0 Å². The fourth-order valence-electron chi connectivity index (χ4n) is 1.81. The molecule has 0 saturated carbocycles. The van der Waals surface area contributed by atoms with Gasteiger partial charge in [-0.15, -0.1) is 0 Å². The van der Waals surface area contributed by atoms with Gasteiger partial charge in [-0.1, -0.05) is 29.3 Å². The first-order valence-electron chi connectivity index (χ1n) is 6.66. The average Bonchev–Trinajstić information content (AvgIpc) is 2.52. The van der Waals surface area contributed by atoms with Gasteiger partial charge in [0.1, 0.15) is 7.11 Å². The van der Waals surface area contributed by atoms with Crippen molar-refractivity contribution in [2.75, 3.05) is 26.1 Å². The Kier molecular flexibility index (Phi) is 5.00.